The average Bonchev–Trinajstić information content (AvgIpc) is 2.88. The zero-order valence-corrected chi connectivity index (χ0v) is 18.9. The van der Waals surface area contributed by atoms with Crippen LogP contribution in [0.15, 0.2) is 91.0 Å². The molecule has 0 saturated carbocycles. The van der Waals surface area contributed by atoms with Crippen molar-refractivity contribution in [2.45, 2.75) is 5.60 Å². The molecule has 0 bridgehead atoms. The number of nitrogens with zero attached hydrogens (tertiary/aromatic N) is 1. The number of hydrogen-bond acceptors (Lipinski definition) is 4. The molecule has 0 N–H and O–H groups in total. The first-order valence-corrected chi connectivity index (χ1v) is 10.9. The van der Waals surface area contributed by atoms with E-state index in [0.717, 1.165) is 33.2 Å². The van der Waals surface area contributed by atoms with Gasteiger partial charge in [-0.15, -0.1) is 0 Å². The molecule has 1 aliphatic rings. The standard InChI is InChI=1S/C29H25NO3/c1-30(2)23-15-14-20-18-26(28(31)32-3)24-16-17-29(21-10-6-4-7-11-21,22-12-8-5-9-13-22)33-27(24)25(20)19-23/h4-19H,1-3H3. The lowest BCUT2D eigenvalue weighted by atomic mass is 9.82. The average molecular weight is 436 g/mol. The minimum absolute atomic E-state index is 0.384. The second-order valence-corrected chi connectivity index (χ2v) is 8.36. The maximum atomic E-state index is 12.7. The third kappa shape index (κ3) is 3.44. The van der Waals surface area contributed by atoms with Crippen molar-refractivity contribution in [3.8, 4) is 5.75 Å². The summed E-state index contributed by atoms with van der Waals surface area (Å²) >= 11 is 0. The van der Waals surface area contributed by atoms with Crippen LogP contribution in [-0.4, -0.2) is 27.2 Å². The Morgan fingerprint density at radius 2 is 1.52 bits per heavy atom. The van der Waals surface area contributed by atoms with Gasteiger partial charge in [-0.05, 0) is 35.7 Å². The van der Waals surface area contributed by atoms with Crippen molar-refractivity contribution in [1.29, 1.82) is 0 Å². The molecule has 0 saturated heterocycles. The van der Waals surface area contributed by atoms with Crippen LogP contribution in [0.25, 0.3) is 16.8 Å². The van der Waals surface area contributed by atoms with Gasteiger partial charge < -0.3 is 14.4 Å². The monoisotopic (exact) mass is 435 g/mol. The number of ether oxygens (including phenoxy) is 2. The minimum Gasteiger partial charge on any atom is -0.472 e. The first-order valence-electron chi connectivity index (χ1n) is 10.9. The van der Waals surface area contributed by atoms with Gasteiger partial charge in [0.2, 0.25) is 0 Å². The second kappa shape index (κ2) is 8.14. The lowest BCUT2D eigenvalue weighted by molar-refractivity contribution is 0.0599. The maximum Gasteiger partial charge on any atom is 0.338 e. The Balaban J connectivity index is 1.82. The largest absolute Gasteiger partial charge is 0.472 e. The van der Waals surface area contributed by atoms with Crippen molar-refractivity contribution in [1.82, 2.24) is 0 Å². The van der Waals surface area contributed by atoms with Crippen LogP contribution in [0.1, 0.15) is 27.0 Å². The van der Waals surface area contributed by atoms with Crippen LogP contribution < -0.4 is 9.64 Å². The Morgan fingerprint density at radius 3 is 2.09 bits per heavy atom. The lowest BCUT2D eigenvalue weighted by Gasteiger charge is -2.37. The fraction of sp³-hybridized carbons (Fsp3) is 0.138. The molecule has 0 amide bonds. The van der Waals surface area contributed by atoms with E-state index in [0.29, 0.717) is 11.3 Å². The first-order chi connectivity index (χ1) is 16.0. The van der Waals surface area contributed by atoms with E-state index < -0.39 is 5.60 Å². The maximum absolute atomic E-state index is 12.7. The molecule has 5 rings (SSSR count). The van der Waals surface area contributed by atoms with Gasteiger partial charge >= 0.3 is 5.97 Å². The van der Waals surface area contributed by atoms with Gasteiger partial charge in [0.25, 0.3) is 0 Å². The topological polar surface area (TPSA) is 38.8 Å². The number of rotatable bonds is 4. The predicted octanol–water partition coefficient (Wildman–Crippen LogP) is 6.04. The van der Waals surface area contributed by atoms with E-state index in [1.165, 1.54) is 7.11 Å². The summed E-state index contributed by atoms with van der Waals surface area (Å²) in [6.45, 7) is 0. The second-order valence-electron chi connectivity index (χ2n) is 8.36. The van der Waals surface area contributed by atoms with Crippen LogP contribution in [0.4, 0.5) is 5.69 Å². The van der Waals surface area contributed by atoms with Crippen LogP contribution in [0.2, 0.25) is 0 Å². The number of anilines is 1. The molecular weight excluding hydrogens is 410 g/mol. The predicted molar refractivity (Wildman–Crippen MR) is 133 cm³/mol. The van der Waals surface area contributed by atoms with Crippen molar-refractivity contribution in [2.24, 2.45) is 0 Å². The van der Waals surface area contributed by atoms with Gasteiger partial charge in [0.1, 0.15) is 5.75 Å². The molecule has 0 radical (unpaired) electrons. The fourth-order valence-electron chi connectivity index (χ4n) is 4.44. The molecular formula is C29H25NO3. The Bertz CT molecular complexity index is 1320. The number of esters is 1. The first kappa shape index (κ1) is 20.8. The van der Waals surface area contributed by atoms with Gasteiger partial charge in [-0.25, -0.2) is 4.79 Å². The molecule has 0 aliphatic carbocycles. The summed E-state index contributed by atoms with van der Waals surface area (Å²) in [6, 6.07) is 28.4. The molecule has 0 fully saturated rings. The van der Waals surface area contributed by atoms with E-state index in [-0.39, 0.29) is 5.97 Å². The summed E-state index contributed by atoms with van der Waals surface area (Å²) in [5.41, 5.74) is 3.47. The van der Waals surface area contributed by atoms with E-state index in [2.05, 4.69) is 35.2 Å². The number of carbonyl (C=O) groups excluding carboxylic acids is 1. The molecule has 164 valence electrons. The highest BCUT2D eigenvalue weighted by Gasteiger charge is 2.38. The van der Waals surface area contributed by atoms with Gasteiger partial charge in [0.15, 0.2) is 5.60 Å². The molecule has 0 atom stereocenters. The fourth-order valence-corrected chi connectivity index (χ4v) is 4.44. The summed E-state index contributed by atoms with van der Waals surface area (Å²) < 4.78 is 12.1. The quantitative estimate of drug-likeness (QED) is 0.366. The molecule has 0 unspecified atom stereocenters. The van der Waals surface area contributed by atoms with E-state index in [1.54, 1.807) is 0 Å². The number of carbonyl (C=O) groups is 1. The summed E-state index contributed by atoms with van der Waals surface area (Å²) in [7, 11) is 5.42. The normalized spacial score (nSPS) is 13.8. The minimum atomic E-state index is -0.828. The van der Waals surface area contributed by atoms with E-state index in [1.807, 2.05) is 80.8 Å². The van der Waals surface area contributed by atoms with Crippen LogP contribution in [0, 0.1) is 0 Å². The van der Waals surface area contributed by atoms with E-state index >= 15 is 0 Å². The molecule has 4 heteroatoms. The summed E-state index contributed by atoms with van der Waals surface area (Å²) in [5, 5.41) is 1.87. The number of benzene rings is 4. The van der Waals surface area contributed by atoms with Crippen molar-refractivity contribution >= 4 is 28.5 Å². The zero-order chi connectivity index (χ0) is 23.0. The van der Waals surface area contributed by atoms with Gasteiger partial charge in [-0.2, -0.15) is 0 Å². The molecule has 4 nitrogen and oxygen atoms in total. The summed E-state index contributed by atoms with van der Waals surface area (Å²) in [4.78, 5) is 14.7. The third-order valence-electron chi connectivity index (χ3n) is 6.19. The van der Waals surface area contributed by atoms with Gasteiger partial charge in [0.05, 0.1) is 12.7 Å². The Kier molecular flexibility index (Phi) is 5.14. The number of hydrogen-bond donors (Lipinski definition) is 0. The molecule has 4 aromatic rings. The molecule has 0 spiro atoms. The summed E-state index contributed by atoms with van der Waals surface area (Å²) in [5.74, 6) is 0.289. The van der Waals surface area contributed by atoms with Crippen LogP contribution >= 0.6 is 0 Å². The Hall–Kier alpha value is -4.05. The highest BCUT2D eigenvalue weighted by atomic mass is 16.5. The van der Waals surface area contributed by atoms with Gasteiger partial charge in [-0.3, -0.25) is 0 Å². The van der Waals surface area contributed by atoms with Crippen molar-refractivity contribution < 1.29 is 14.3 Å². The number of fused-ring (bicyclic) bond motifs is 3. The van der Waals surface area contributed by atoms with Gasteiger partial charge in [-0.1, -0.05) is 66.7 Å². The summed E-state index contributed by atoms with van der Waals surface area (Å²) in [6.07, 6.45) is 4.03. The Labute approximate surface area is 193 Å². The third-order valence-corrected chi connectivity index (χ3v) is 6.19. The lowest BCUT2D eigenvalue weighted by Crippen LogP contribution is -2.34. The highest BCUT2D eigenvalue weighted by molar-refractivity contribution is 6.04. The molecule has 1 aliphatic heterocycles. The molecule has 1 heterocycles. The molecule has 4 aromatic carbocycles. The van der Waals surface area contributed by atoms with Crippen molar-refractivity contribution in [3.05, 3.63) is 113 Å². The van der Waals surface area contributed by atoms with Crippen LogP contribution in [-0.2, 0) is 10.3 Å². The van der Waals surface area contributed by atoms with Crippen molar-refractivity contribution in [3.63, 3.8) is 0 Å². The van der Waals surface area contributed by atoms with Crippen molar-refractivity contribution in [2.75, 3.05) is 26.1 Å². The van der Waals surface area contributed by atoms with Crippen LogP contribution in [0.5, 0.6) is 5.75 Å². The van der Waals surface area contributed by atoms with Crippen LogP contribution in [0.3, 0.4) is 0 Å². The van der Waals surface area contributed by atoms with Gasteiger partial charge in [0, 0.05) is 41.9 Å². The highest BCUT2D eigenvalue weighted by Crippen LogP contribution is 2.46. The smallest absolute Gasteiger partial charge is 0.338 e. The molecule has 33 heavy (non-hydrogen) atoms. The number of methoxy groups -OCH3 is 1. The Morgan fingerprint density at radius 1 is 0.879 bits per heavy atom. The van der Waals surface area contributed by atoms with E-state index in [9.17, 15) is 4.79 Å². The molecule has 0 aromatic heterocycles. The SMILES string of the molecule is COC(=O)c1cc2ccc(N(C)C)cc2c2c1C=CC(c1ccccc1)(c1ccccc1)O2. The van der Waals surface area contributed by atoms with E-state index in [4.69, 9.17) is 9.47 Å². The zero-order valence-electron chi connectivity index (χ0n) is 18.9.